The van der Waals surface area contributed by atoms with E-state index >= 15 is 0 Å². The fourth-order valence-electron chi connectivity index (χ4n) is 1.50. The molecule has 0 aliphatic carbocycles. The summed E-state index contributed by atoms with van der Waals surface area (Å²) in [6.07, 6.45) is 2.38. The summed E-state index contributed by atoms with van der Waals surface area (Å²) in [5.74, 6) is -0.367. The Morgan fingerprint density at radius 3 is 2.88 bits per heavy atom. The normalized spacial score (nSPS) is 10.8. The molecule has 0 fully saturated rings. The summed E-state index contributed by atoms with van der Waals surface area (Å²) < 4.78 is 1.45. The number of hydrogen-bond donors (Lipinski definition) is 1. The lowest BCUT2D eigenvalue weighted by Gasteiger charge is -2.00. The van der Waals surface area contributed by atoms with E-state index in [1.807, 2.05) is 6.92 Å². The lowest BCUT2D eigenvalue weighted by molar-refractivity contribution is 0.0895. The highest BCUT2D eigenvalue weighted by Gasteiger charge is 2.19. The molecule has 2 rings (SSSR count). The van der Waals surface area contributed by atoms with Gasteiger partial charge >= 0.3 is 0 Å². The van der Waals surface area contributed by atoms with Gasteiger partial charge in [-0.1, -0.05) is 18.3 Å². The van der Waals surface area contributed by atoms with E-state index in [-0.39, 0.29) is 5.78 Å². The first-order valence-electron chi connectivity index (χ1n) is 5.16. The molecule has 0 radical (unpaired) electrons. The van der Waals surface area contributed by atoms with Gasteiger partial charge in [-0.05, 0) is 6.42 Å². The smallest absolute Gasteiger partial charge is 0.206 e. The number of carbonyl (C=O) groups excluding carboxylic acids is 1. The summed E-state index contributed by atoms with van der Waals surface area (Å²) in [5.41, 5.74) is 0.995. The molecule has 0 bridgehead atoms. The molecule has 1 N–H and O–H groups in total. The molecule has 90 valence electrons. The van der Waals surface area contributed by atoms with Crippen molar-refractivity contribution in [2.75, 3.05) is 6.61 Å². The van der Waals surface area contributed by atoms with Crippen LogP contribution < -0.4 is 0 Å². The Hall–Kier alpha value is -1.60. The average molecular weight is 252 g/mol. The van der Waals surface area contributed by atoms with Crippen molar-refractivity contribution in [2.24, 2.45) is 7.05 Å². The second-order valence-electron chi connectivity index (χ2n) is 3.47. The van der Waals surface area contributed by atoms with Crippen molar-refractivity contribution in [3.8, 4) is 10.6 Å². The highest BCUT2D eigenvalue weighted by molar-refractivity contribution is 7.14. The minimum atomic E-state index is -0.536. The number of carbonyl (C=O) groups is 1. The first-order valence-corrected chi connectivity index (χ1v) is 5.97. The van der Waals surface area contributed by atoms with Crippen molar-refractivity contribution in [3.05, 3.63) is 16.9 Å². The van der Waals surface area contributed by atoms with Crippen molar-refractivity contribution >= 4 is 17.1 Å². The van der Waals surface area contributed by atoms with Crippen LogP contribution in [0.15, 0.2) is 6.20 Å². The van der Waals surface area contributed by atoms with Gasteiger partial charge in [0.1, 0.15) is 17.3 Å². The molecule has 0 saturated carbocycles. The van der Waals surface area contributed by atoms with E-state index in [1.165, 1.54) is 16.0 Å². The molecule has 0 aliphatic rings. The number of aryl methyl sites for hydroxylation is 2. The van der Waals surface area contributed by atoms with E-state index in [0.717, 1.165) is 11.4 Å². The molecule has 2 aromatic rings. The minimum Gasteiger partial charge on any atom is -0.388 e. The number of aliphatic hydroxyl groups is 1. The van der Waals surface area contributed by atoms with E-state index in [4.69, 9.17) is 5.11 Å². The second-order valence-corrected chi connectivity index (χ2v) is 4.53. The van der Waals surface area contributed by atoms with Crippen molar-refractivity contribution in [1.29, 1.82) is 0 Å². The molecule has 0 aromatic carbocycles. The van der Waals surface area contributed by atoms with E-state index < -0.39 is 6.61 Å². The fraction of sp³-hybridized carbons (Fsp3) is 0.400. The summed E-state index contributed by atoms with van der Waals surface area (Å²) in [7, 11) is 1.66. The van der Waals surface area contributed by atoms with Crippen LogP contribution in [0, 0.1) is 0 Å². The molecule has 2 heterocycles. The van der Waals surface area contributed by atoms with E-state index in [1.54, 1.807) is 13.2 Å². The molecular weight excluding hydrogens is 240 g/mol. The summed E-state index contributed by atoms with van der Waals surface area (Å²) in [5, 5.41) is 22.6. The molecule has 0 saturated heterocycles. The number of aromatic nitrogens is 4. The molecule has 0 unspecified atom stereocenters. The zero-order valence-corrected chi connectivity index (χ0v) is 10.4. The maximum absolute atomic E-state index is 11.6. The molecule has 7 heteroatoms. The summed E-state index contributed by atoms with van der Waals surface area (Å²) >= 11 is 1.43. The first kappa shape index (κ1) is 11.9. The average Bonchev–Trinajstić information content (AvgIpc) is 2.94. The first-order chi connectivity index (χ1) is 8.17. The van der Waals surface area contributed by atoms with Crippen molar-refractivity contribution in [1.82, 2.24) is 20.0 Å². The number of ketones is 1. The summed E-state index contributed by atoms with van der Waals surface area (Å²) in [4.78, 5) is 11.6. The van der Waals surface area contributed by atoms with E-state index in [9.17, 15) is 4.79 Å². The van der Waals surface area contributed by atoms with Crippen LogP contribution in [-0.2, 0) is 13.5 Å². The van der Waals surface area contributed by atoms with Crippen molar-refractivity contribution < 1.29 is 9.90 Å². The molecular formula is C10H12N4O2S. The van der Waals surface area contributed by atoms with Crippen LogP contribution in [0.3, 0.4) is 0 Å². The molecule has 0 atom stereocenters. The number of nitrogens with zero attached hydrogens (tertiary/aromatic N) is 4. The molecule has 0 amide bonds. The van der Waals surface area contributed by atoms with Crippen LogP contribution in [0.4, 0.5) is 0 Å². The highest BCUT2D eigenvalue weighted by Crippen LogP contribution is 2.26. The Labute approximate surface area is 102 Å². The second kappa shape index (κ2) is 4.72. The van der Waals surface area contributed by atoms with Gasteiger partial charge in [-0.25, -0.2) is 0 Å². The van der Waals surface area contributed by atoms with Gasteiger partial charge in [0, 0.05) is 7.05 Å². The lowest BCUT2D eigenvalue weighted by atomic mass is 10.2. The van der Waals surface area contributed by atoms with Crippen molar-refractivity contribution in [2.45, 2.75) is 13.3 Å². The van der Waals surface area contributed by atoms with Gasteiger partial charge in [0.05, 0.1) is 11.8 Å². The highest BCUT2D eigenvalue weighted by atomic mass is 32.1. The van der Waals surface area contributed by atoms with Crippen LogP contribution in [0.25, 0.3) is 10.6 Å². The third-order valence-electron chi connectivity index (χ3n) is 2.35. The Bertz CT molecular complexity index is 546. The van der Waals surface area contributed by atoms with Gasteiger partial charge in [-0.15, -0.1) is 10.2 Å². The molecule has 6 nitrogen and oxygen atoms in total. The van der Waals surface area contributed by atoms with Gasteiger partial charge in [0.15, 0.2) is 5.01 Å². The lowest BCUT2D eigenvalue weighted by Crippen LogP contribution is -2.11. The van der Waals surface area contributed by atoms with Crippen LogP contribution in [0.1, 0.15) is 22.4 Å². The summed E-state index contributed by atoms with van der Waals surface area (Å²) in [6, 6.07) is 0. The molecule has 0 spiro atoms. The SMILES string of the molecule is CCc1nnc(-c2cnn(C)c2C(=O)CO)s1. The Kier molecular flexibility index (Phi) is 3.30. The van der Waals surface area contributed by atoms with Crippen LogP contribution in [0.2, 0.25) is 0 Å². The number of hydrogen-bond acceptors (Lipinski definition) is 6. The standard InChI is InChI=1S/C10H12N4O2S/c1-3-8-12-13-10(17-8)6-4-11-14(2)9(6)7(16)5-15/h4,15H,3,5H2,1-2H3. The third-order valence-corrected chi connectivity index (χ3v) is 3.45. The predicted octanol–water partition coefficient (Wildman–Crippen LogP) is 0.676. The minimum absolute atomic E-state index is 0.367. The van der Waals surface area contributed by atoms with E-state index in [0.29, 0.717) is 16.3 Å². The number of rotatable bonds is 4. The summed E-state index contributed by atoms with van der Waals surface area (Å²) in [6.45, 7) is 1.46. The zero-order valence-electron chi connectivity index (χ0n) is 9.54. The van der Waals surface area contributed by atoms with Crippen LogP contribution in [0.5, 0.6) is 0 Å². The molecule has 2 aromatic heterocycles. The Morgan fingerprint density at radius 1 is 1.53 bits per heavy atom. The maximum atomic E-state index is 11.6. The van der Waals surface area contributed by atoms with Crippen LogP contribution >= 0.6 is 11.3 Å². The quantitative estimate of drug-likeness (QED) is 0.809. The topological polar surface area (TPSA) is 80.9 Å². The predicted molar refractivity (Wildman–Crippen MR) is 62.9 cm³/mol. The van der Waals surface area contributed by atoms with Crippen LogP contribution in [-0.4, -0.2) is 37.5 Å². The zero-order chi connectivity index (χ0) is 12.4. The Morgan fingerprint density at radius 2 is 2.29 bits per heavy atom. The monoisotopic (exact) mass is 252 g/mol. The maximum Gasteiger partial charge on any atom is 0.206 e. The number of Topliss-reactive ketones (excluding diaryl/α,β-unsaturated/α-hetero) is 1. The molecule has 0 aliphatic heterocycles. The van der Waals surface area contributed by atoms with Crippen molar-refractivity contribution in [3.63, 3.8) is 0 Å². The number of aliphatic hydroxyl groups excluding tert-OH is 1. The molecule has 17 heavy (non-hydrogen) atoms. The van der Waals surface area contributed by atoms with Gasteiger partial charge in [0.2, 0.25) is 5.78 Å². The van der Waals surface area contributed by atoms with E-state index in [2.05, 4.69) is 15.3 Å². The Balaban J connectivity index is 2.48. The largest absolute Gasteiger partial charge is 0.388 e. The van der Waals surface area contributed by atoms with Gasteiger partial charge < -0.3 is 5.11 Å². The van der Waals surface area contributed by atoms with Gasteiger partial charge in [-0.3, -0.25) is 9.48 Å². The van der Waals surface area contributed by atoms with Gasteiger partial charge in [0.25, 0.3) is 0 Å². The van der Waals surface area contributed by atoms with Gasteiger partial charge in [-0.2, -0.15) is 5.10 Å². The third kappa shape index (κ3) is 2.11. The fourth-order valence-corrected chi connectivity index (χ4v) is 2.30.